The number of amides is 1. The number of methoxy groups -OCH3 is 1. The van der Waals surface area contributed by atoms with E-state index in [1.165, 1.54) is 23.3 Å². The van der Waals surface area contributed by atoms with E-state index < -0.39 is 29.7 Å². The van der Waals surface area contributed by atoms with Gasteiger partial charge in [-0.15, -0.1) is 11.3 Å². The molecule has 2 aliphatic heterocycles. The van der Waals surface area contributed by atoms with Gasteiger partial charge in [0.05, 0.1) is 19.3 Å². The summed E-state index contributed by atoms with van der Waals surface area (Å²) in [5, 5.41) is 3.24. The molecule has 0 aliphatic carbocycles. The Hall–Kier alpha value is -2.79. The monoisotopic (exact) mass is 554 g/mol. The molecule has 1 spiro atoms. The van der Waals surface area contributed by atoms with Crippen LogP contribution < -0.4 is 9.47 Å². The predicted octanol–water partition coefficient (Wildman–Crippen LogP) is 5.35. The number of esters is 1. The van der Waals surface area contributed by atoms with Crippen LogP contribution in [0.15, 0.2) is 35.0 Å². The van der Waals surface area contributed by atoms with Crippen molar-refractivity contribution in [1.29, 1.82) is 0 Å². The van der Waals surface area contributed by atoms with Gasteiger partial charge in [0.1, 0.15) is 11.5 Å². The molecule has 2 saturated heterocycles. The van der Waals surface area contributed by atoms with Crippen LogP contribution in [0.3, 0.4) is 0 Å². The van der Waals surface area contributed by atoms with Crippen molar-refractivity contribution in [3.05, 3.63) is 46.2 Å². The Morgan fingerprint density at radius 2 is 1.76 bits per heavy atom. The molecule has 0 bridgehead atoms. The molecule has 1 aromatic heterocycles. The van der Waals surface area contributed by atoms with Crippen LogP contribution in [0.2, 0.25) is 0 Å². The van der Waals surface area contributed by atoms with Crippen molar-refractivity contribution in [3.63, 3.8) is 0 Å². The van der Waals surface area contributed by atoms with E-state index in [1.807, 2.05) is 24.3 Å². The highest BCUT2D eigenvalue weighted by Crippen LogP contribution is 2.47. The van der Waals surface area contributed by atoms with Crippen molar-refractivity contribution in [2.45, 2.75) is 52.1 Å². The number of carbonyl (C=O) groups excluding carboxylic acids is 2. The molecule has 3 heterocycles. The number of alkyl halides is 3. The second kappa shape index (κ2) is 11.5. The minimum Gasteiger partial charge on any atom is -0.495 e. The van der Waals surface area contributed by atoms with Crippen LogP contribution in [0, 0.1) is 11.3 Å². The highest BCUT2D eigenvalue weighted by atomic mass is 32.1. The summed E-state index contributed by atoms with van der Waals surface area (Å²) in [7, 11) is 1.42. The number of likely N-dealkylation sites (tertiary alicyclic amines) is 2. The van der Waals surface area contributed by atoms with Crippen molar-refractivity contribution in [2.24, 2.45) is 11.3 Å². The molecule has 2 fully saturated rings. The molecule has 38 heavy (non-hydrogen) atoms. The number of nitrogens with zero attached hydrogens (tertiary/aromatic N) is 2. The maximum Gasteiger partial charge on any atom is 0.491 e. The summed E-state index contributed by atoms with van der Waals surface area (Å²) in [5.74, 6) is -1.23. The van der Waals surface area contributed by atoms with Crippen molar-refractivity contribution in [2.75, 3.05) is 33.4 Å². The van der Waals surface area contributed by atoms with Gasteiger partial charge in [0.2, 0.25) is 0 Å². The Labute approximate surface area is 224 Å². The van der Waals surface area contributed by atoms with E-state index in [9.17, 15) is 22.8 Å². The summed E-state index contributed by atoms with van der Waals surface area (Å²) < 4.78 is 55.9. The minimum absolute atomic E-state index is 0.194. The lowest BCUT2D eigenvalue weighted by atomic mass is 9.76. The lowest BCUT2D eigenvalue weighted by Crippen LogP contribution is -2.51. The number of ether oxygens (including phenoxy) is 3. The molecule has 7 nitrogen and oxygen atoms in total. The molecule has 11 heteroatoms. The molecule has 0 N–H and O–H groups in total. The number of thiophene rings is 1. The Kier molecular flexibility index (Phi) is 8.56. The number of benzene rings is 1. The first-order valence-corrected chi connectivity index (χ1v) is 13.6. The van der Waals surface area contributed by atoms with Gasteiger partial charge < -0.3 is 19.1 Å². The summed E-state index contributed by atoms with van der Waals surface area (Å²) in [6, 6.07) is 7.83. The first-order valence-electron chi connectivity index (χ1n) is 12.7. The highest BCUT2D eigenvalue weighted by molar-refractivity contribution is 7.08. The zero-order chi connectivity index (χ0) is 27.5. The molecular formula is C27H33F3N2O5S. The number of para-hydroxylation sites is 1. The smallest absolute Gasteiger partial charge is 0.491 e. The zero-order valence-corrected chi connectivity index (χ0v) is 22.6. The maximum atomic E-state index is 13.4. The van der Waals surface area contributed by atoms with Gasteiger partial charge in [-0.1, -0.05) is 32.0 Å². The third kappa shape index (κ3) is 6.09. The summed E-state index contributed by atoms with van der Waals surface area (Å²) in [6.45, 7) is 6.76. The Morgan fingerprint density at radius 1 is 1.08 bits per heavy atom. The van der Waals surface area contributed by atoms with Crippen LogP contribution in [-0.2, 0) is 16.1 Å². The number of carbonyl (C=O) groups is 2. The Bertz CT molecular complexity index is 1130. The topological polar surface area (TPSA) is 68.3 Å². The van der Waals surface area contributed by atoms with Crippen molar-refractivity contribution < 1.29 is 37.0 Å². The standard InChI is InChI=1S/C27H33F3N2O5S/c1-18(2)15-36-21-7-5-4-6-19(21)14-31-11-8-26(9-12-31)10-13-32(24(26)37-25(34)27(28,29)30)23(33)20-16-38-17-22(20)35-3/h4-7,16-18,24H,8-15H2,1-3H3. The second-order valence-corrected chi connectivity index (χ2v) is 11.1. The quantitative estimate of drug-likeness (QED) is 0.410. The molecule has 0 radical (unpaired) electrons. The van der Waals surface area contributed by atoms with E-state index in [4.69, 9.17) is 14.2 Å². The third-order valence-corrected chi connectivity index (χ3v) is 7.96. The molecule has 1 aromatic carbocycles. The van der Waals surface area contributed by atoms with Gasteiger partial charge in [0.25, 0.3) is 5.91 Å². The van der Waals surface area contributed by atoms with E-state index in [2.05, 4.69) is 18.7 Å². The summed E-state index contributed by atoms with van der Waals surface area (Å²) in [6.07, 6.45) is -5.04. The van der Waals surface area contributed by atoms with Gasteiger partial charge in [-0.05, 0) is 44.3 Å². The fourth-order valence-corrected chi connectivity index (χ4v) is 5.93. The first kappa shape index (κ1) is 28.2. The summed E-state index contributed by atoms with van der Waals surface area (Å²) >= 11 is 1.25. The van der Waals surface area contributed by atoms with Crippen molar-refractivity contribution in [1.82, 2.24) is 9.80 Å². The van der Waals surface area contributed by atoms with Gasteiger partial charge in [-0.2, -0.15) is 13.2 Å². The van der Waals surface area contributed by atoms with Gasteiger partial charge in [-0.25, -0.2) is 4.79 Å². The fourth-order valence-electron chi connectivity index (χ4n) is 5.16. The van der Waals surface area contributed by atoms with E-state index >= 15 is 0 Å². The molecule has 1 unspecified atom stereocenters. The average Bonchev–Trinajstić information content (AvgIpc) is 3.49. The molecule has 2 aromatic rings. The maximum absolute atomic E-state index is 13.4. The van der Waals surface area contributed by atoms with Gasteiger partial charge in [-0.3, -0.25) is 9.69 Å². The molecule has 2 aliphatic rings. The normalized spacial score (nSPS) is 19.7. The van der Waals surface area contributed by atoms with E-state index in [-0.39, 0.29) is 12.1 Å². The second-order valence-electron chi connectivity index (χ2n) is 10.3. The van der Waals surface area contributed by atoms with Gasteiger partial charge in [0, 0.05) is 34.8 Å². The molecule has 1 amide bonds. The number of hydrogen-bond acceptors (Lipinski definition) is 7. The number of halogens is 3. The number of hydrogen-bond donors (Lipinski definition) is 0. The van der Waals surface area contributed by atoms with Gasteiger partial charge >= 0.3 is 12.1 Å². The van der Waals surface area contributed by atoms with Crippen molar-refractivity contribution in [3.8, 4) is 11.5 Å². The minimum atomic E-state index is -5.15. The lowest BCUT2D eigenvalue weighted by molar-refractivity contribution is -0.217. The zero-order valence-electron chi connectivity index (χ0n) is 21.8. The van der Waals surface area contributed by atoms with Crippen LogP contribution in [-0.4, -0.2) is 67.4 Å². The summed E-state index contributed by atoms with van der Waals surface area (Å²) in [4.78, 5) is 28.8. The van der Waals surface area contributed by atoms with Gasteiger partial charge in [0.15, 0.2) is 6.23 Å². The number of rotatable bonds is 8. The van der Waals surface area contributed by atoms with Crippen LogP contribution in [0.4, 0.5) is 13.2 Å². The summed E-state index contributed by atoms with van der Waals surface area (Å²) in [5.41, 5.74) is 0.527. The lowest BCUT2D eigenvalue weighted by Gasteiger charge is -2.43. The van der Waals surface area contributed by atoms with E-state index in [1.54, 1.807) is 10.8 Å². The molecular weight excluding hydrogens is 521 g/mol. The third-order valence-electron chi connectivity index (χ3n) is 7.24. The largest absolute Gasteiger partial charge is 0.495 e. The molecule has 0 saturated carbocycles. The molecule has 1 atom stereocenters. The first-order chi connectivity index (χ1) is 18.0. The van der Waals surface area contributed by atoms with Crippen LogP contribution >= 0.6 is 11.3 Å². The van der Waals surface area contributed by atoms with Crippen LogP contribution in [0.5, 0.6) is 11.5 Å². The highest BCUT2D eigenvalue weighted by Gasteiger charge is 2.55. The predicted molar refractivity (Wildman–Crippen MR) is 136 cm³/mol. The van der Waals surface area contributed by atoms with E-state index in [0.29, 0.717) is 57.2 Å². The van der Waals surface area contributed by atoms with Crippen LogP contribution in [0.1, 0.15) is 49.0 Å². The SMILES string of the molecule is COc1cscc1C(=O)N1CCC2(CCN(Cc3ccccc3OCC(C)C)CC2)C1OC(=O)C(F)(F)F. The Morgan fingerprint density at radius 3 is 2.42 bits per heavy atom. The fraction of sp³-hybridized carbons (Fsp3) is 0.556. The van der Waals surface area contributed by atoms with E-state index in [0.717, 1.165) is 11.3 Å². The average molecular weight is 555 g/mol. The molecule has 208 valence electrons. The van der Waals surface area contributed by atoms with Crippen LogP contribution in [0.25, 0.3) is 0 Å². The Balaban J connectivity index is 1.50. The number of piperidine rings is 1. The van der Waals surface area contributed by atoms with Crippen molar-refractivity contribution >= 4 is 23.2 Å². The molecule has 4 rings (SSSR count).